The van der Waals surface area contributed by atoms with Crippen LogP contribution >= 0.6 is 0 Å². The summed E-state index contributed by atoms with van der Waals surface area (Å²) in [6.45, 7) is 10.4. The van der Waals surface area contributed by atoms with Crippen molar-refractivity contribution in [3.8, 4) is 0 Å². The van der Waals surface area contributed by atoms with Crippen molar-refractivity contribution in [3.63, 3.8) is 0 Å². The van der Waals surface area contributed by atoms with E-state index in [0.29, 0.717) is 30.9 Å². The fraction of sp³-hybridized carbons (Fsp3) is 0.478. The lowest BCUT2D eigenvalue weighted by Crippen LogP contribution is -2.50. The molecule has 0 atom stereocenters. The number of amides is 1. The number of piperazine rings is 1. The van der Waals surface area contributed by atoms with Gasteiger partial charge in [-0.1, -0.05) is 38.1 Å². The lowest BCUT2D eigenvalue weighted by atomic mass is 9.92. The van der Waals surface area contributed by atoms with Crippen molar-refractivity contribution in [2.24, 2.45) is 0 Å². The highest BCUT2D eigenvalue weighted by Crippen LogP contribution is 2.19. The number of hydrogen-bond donors (Lipinski definition) is 0. The Labute approximate surface area is 181 Å². The number of para-hydroxylation sites is 1. The zero-order valence-corrected chi connectivity index (χ0v) is 18.4. The van der Waals surface area contributed by atoms with E-state index in [9.17, 15) is 9.59 Å². The zero-order chi connectivity index (χ0) is 22.0. The molecule has 31 heavy (non-hydrogen) atoms. The van der Waals surface area contributed by atoms with Crippen molar-refractivity contribution < 1.29 is 9.32 Å². The van der Waals surface area contributed by atoms with Crippen molar-refractivity contribution in [2.75, 3.05) is 32.7 Å². The van der Waals surface area contributed by atoms with Gasteiger partial charge in [-0.15, -0.1) is 0 Å². The molecule has 164 valence electrons. The Hall–Kier alpha value is -3.00. The molecule has 0 N–H and O–H groups in total. The first-order valence-corrected chi connectivity index (χ1v) is 10.7. The molecule has 4 rings (SSSR count). The summed E-state index contributed by atoms with van der Waals surface area (Å²) in [6.07, 6.45) is 0.246. The van der Waals surface area contributed by atoms with E-state index in [0.717, 1.165) is 30.7 Å². The van der Waals surface area contributed by atoms with Gasteiger partial charge in [0.15, 0.2) is 5.58 Å². The molecule has 0 bridgehead atoms. The third-order valence-corrected chi connectivity index (χ3v) is 5.76. The van der Waals surface area contributed by atoms with Crippen LogP contribution in [0.3, 0.4) is 0 Å². The summed E-state index contributed by atoms with van der Waals surface area (Å²) in [6, 6.07) is 11.0. The summed E-state index contributed by atoms with van der Waals surface area (Å²) in [5.74, 6) is 0.0643. The Bertz CT molecular complexity index is 1120. The van der Waals surface area contributed by atoms with E-state index in [1.807, 2.05) is 29.2 Å². The molecule has 0 saturated carbocycles. The molecule has 0 radical (unpaired) electrons. The molecule has 0 aliphatic carbocycles. The third-order valence-electron chi connectivity index (χ3n) is 5.76. The van der Waals surface area contributed by atoms with Crippen molar-refractivity contribution in [1.82, 2.24) is 24.7 Å². The van der Waals surface area contributed by atoms with E-state index >= 15 is 0 Å². The molecule has 1 aliphatic rings. The first-order chi connectivity index (χ1) is 14.8. The van der Waals surface area contributed by atoms with Crippen LogP contribution in [-0.2, 0) is 23.2 Å². The SMILES string of the molecule is CC(C)(C)c1ccc(=O)n(CCN2CCN(C(=O)Cc3noc4ccccc34)CC2)n1. The largest absolute Gasteiger partial charge is 0.356 e. The lowest BCUT2D eigenvalue weighted by Gasteiger charge is -2.34. The van der Waals surface area contributed by atoms with E-state index < -0.39 is 0 Å². The topological polar surface area (TPSA) is 84.5 Å². The summed E-state index contributed by atoms with van der Waals surface area (Å²) in [7, 11) is 0. The maximum Gasteiger partial charge on any atom is 0.266 e. The molecule has 8 heteroatoms. The van der Waals surface area contributed by atoms with E-state index in [1.54, 1.807) is 16.8 Å². The van der Waals surface area contributed by atoms with Crippen LogP contribution in [0.2, 0.25) is 0 Å². The molecule has 1 saturated heterocycles. The molecule has 1 aromatic carbocycles. The molecular weight excluding hydrogens is 394 g/mol. The van der Waals surface area contributed by atoms with Crippen LogP contribution in [0, 0.1) is 0 Å². The first kappa shape index (κ1) is 21.2. The number of nitrogens with zero attached hydrogens (tertiary/aromatic N) is 5. The van der Waals surface area contributed by atoms with Crippen LogP contribution in [0.5, 0.6) is 0 Å². The number of benzene rings is 1. The number of fused-ring (bicyclic) bond motifs is 1. The highest BCUT2D eigenvalue weighted by atomic mass is 16.5. The number of aromatic nitrogens is 3. The van der Waals surface area contributed by atoms with E-state index in [-0.39, 0.29) is 23.3 Å². The minimum Gasteiger partial charge on any atom is -0.356 e. The van der Waals surface area contributed by atoms with E-state index in [4.69, 9.17) is 4.52 Å². The molecule has 0 spiro atoms. The maximum absolute atomic E-state index is 12.7. The zero-order valence-electron chi connectivity index (χ0n) is 18.4. The Morgan fingerprint density at radius 2 is 1.77 bits per heavy atom. The van der Waals surface area contributed by atoms with E-state index in [2.05, 4.69) is 35.9 Å². The molecular formula is C23H29N5O3. The van der Waals surface area contributed by atoms with Crippen molar-refractivity contribution >= 4 is 16.9 Å². The predicted octanol–water partition coefficient (Wildman–Crippen LogP) is 2.07. The maximum atomic E-state index is 12.7. The summed E-state index contributed by atoms with van der Waals surface area (Å²) in [5, 5.41) is 9.50. The molecule has 1 amide bonds. The Morgan fingerprint density at radius 3 is 2.52 bits per heavy atom. The highest BCUT2D eigenvalue weighted by molar-refractivity contribution is 5.86. The van der Waals surface area contributed by atoms with Gasteiger partial charge in [0, 0.05) is 49.6 Å². The standard InChI is InChI=1S/C23H29N5O3/c1-23(2,3)20-8-9-21(29)28(24-20)15-12-26-10-13-27(14-11-26)22(30)16-18-17-6-4-5-7-19(17)31-25-18/h4-9H,10-16H2,1-3H3. The Balaban J connectivity index is 1.30. The van der Waals surface area contributed by atoms with Crippen LogP contribution in [0.1, 0.15) is 32.2 Å². The average Bonchev–Trinajstić information content (AvgIpc) is 3.15. The Morgan fingerprint density at radius 1 is 1.03 bits per heavy atom. The highest BCUT2D eigenvalue weighted by Gasteiger charge is 2.23. The summed E-state index contributed by atoms with van der Waals surface area (Å²) in [5.41, 5.74) is 2.11. The number of carbonyl (C=O) groups is 1. The fourth-order valence-electron chi connectivity index (χ4n) is 3.79. The fourth-order valence-corrected chi connectivity index (χ4v) is 3.79. The Kier molecular flexibility index (Phi) is 5.91. The van der Waals surface area contributed by atoms with Gasteiger partial charge in [0.05, 0.1) is 18.7 Å². The number of carbonyl (C=O) groups excluding carboxylic acids is 1. The molecule has 8 nitrogen and oxygen atoms in total. The molecule has 0 unspecified atom stereocenters. The second-order valence-corrected chi connectivity index (χ2v) is 9.05. The van der Waals surface area contributed by atoms with E-state index in [1.165, 1.54) is 0 Å². The summed E-state index contributed by atoms with van der Waals surface area (Å²) >= 11 is 0. The van der Waals surface area contributed by atoms with Crippen molar-refractivity contribution in [2.45, 2.75) is 39.2 Å². The van der Waals surface area contributed by atoms with Crippen LogP contribution in [0.15, 0.2) is 45.7 Å². The van der Waals surface area contributed by atoms with Gasteiger partial charge < -0.3 is 9.42 Å². The van der Waals surface area contributed by atoms with Gasteiger partial charge >= 0.3 is 0 Å². The average molecular weight is 424 g/mol. The molecule has 1 fully saturated rings. The van der Waals surface area contributed by atoms with Gasteiger partial charge in [-0.25, -0.2) is 4.68 Å². The quantitative estimate of drug-likeness (QED) is 0.625. The van der Waals surface area contributed by atoms with Crippen molar-refractivity contribution in [1.29, 1.82) is 0 Å². The minimum absolute atomic E-state index is 0.0643. The predicted molar refractivity (Wildman–Crippen MR) is 118 cm³/mol. The first-order valence-electron chi connectivity index (χ1n) is 10.7. The van der Waals surface area contributed by atoms with Gasteiger partial charge in [-0.05, 0) is 18.2 Å². The molecule has 1 aliphatic heterocycles. The smallest absolute Gasteiger partial charge is 0.266 e. The summed E-state index contributed by atoms with van der Waals surface area (Å²) in [4.78, 5) is 29.1. The van der Waals surface area contributed by atoms with Crippen LogP contribution in [-0.4, -0.2) is 63.4 Å². The van der Waals surface area contributed by atoms with Gasteiger partial charge in [0.2, 0.25) is 5.91 Å². The number of hydrogen-bond acceptors (Lipinski definition) is 6. The minimum atomic E-state index is -0.101. The summed E-state index contributed by atoms with van der Waals surface area (Å²) < 4.78 is 6.85. The normalized spacial score (nSPS) is 15.5. The van der Waals surface area contributed by atoms with Gasteiger partial charge in [-0.3, -0.25) is 14.5 Å². The van der Waals surface area contributed by atoms with Crippen LogP contribution in [0.4, 0.5) is 0 Å². The van der Waals surface area contributed by atoms with Crippen LogP contribution in [0.25, 0.3) is 11.0 Å². The second-order valence-electron chi connectivity index (χ2n) is 9.05. The van der Waals surface area contributed by atoms with Gasteiger partial charge in [0.25, 0.3) is 5.56 Å². The monoisotopic (exact) mass is 423 g/mol. The van der Waals surface area contributed by atoms with Gasteiger partial charge in [0.1, 0.15) is 5.69 Å². The lowest BCUT2D eigenvalue weighted by molar-refractivity contribution is -0.132. The van der Waals surface area contributed by atoms with Crippen LogP contribution < -0.4 is 5.56 Å². The molecule has 3 aromatic rings. The third kappa shape index (κ3) is 4.85. The number of rotatable bonds is 5. The van der Waals surface area contributed by atoms with Gasteiger partial charge in [-0.2, -0.15) is 5.10 Å². The molecule has 2 aromatic heterocycles. The molecule has 3 heterocycles. The second kappa shape index (κ2) is 8.63. The van der Waals surface area contributed by atoms with Crippen molar-refractivity contribution in [3.05, 3.63) is 58.1 Å².